The Morgan fingerprint density at radius 3 is 2.35 bits per heavy atom. The zero-order valence-corrected chi connectivity index (χ0v) is 19.2. The number of hydrogen-bond donors (Lipinski definition) is 1. The van der Waals surface area contributed by atoms with E-state index in [2.05, 4.69) is 11.6 Å². The molecule has 6 nitrogen and oxygen atoms in total. The molecular weight excluding hydrogens is 450 g/mol. The molecule has 34 heavy (non-hydrogen) atoms. The Labute approximate surface area is 196 Å². The van der Waals surface area contributed by atoms with E-state index in [1.807, 2.05) is 0 Å². The van der Waals surface area contributed by atoms with Crippen LogP contribution < -0.4 is 4.72 Å². The van der Waals surface area contributed by atoms with Gasteiger partial charge in [-0.2, -0.15) is 0 Å². The number of nitrogens with one attached hydrogen (secondary N) is 1. The second kappa shape index (κ2) is 7.40. The number of rotatable bonds is 3. The first-order chi connectivity index (χ1) is 16.3. The SMILES string of the molecule is C[C@H]1CCc2oc3ccc(NS(=O)(=O)c4ccc5c(c4)C(=O)c4ccccc4C5=O)cc3c2C1. The molecule has 1 heterocycles. The lowest BCUT2D eigenvalue weighted by Crippen LogP contribution is -2.22. The van der Waals surface area contributed by atoms with Crippen LogP contribution in [0.25, 0.3) is 11.0 Å². The van der Waals surface area contributed by atoms with E-state index in [0.717, 1.165) is 41.6 Å². The number of furan rings is 1. The number of fused-ring (bicyclic) bond motifs is 5. The van der Waals surface area contributed by atoms with Crippen molar-refractivity contribution in [1.82, 2.24) is 0 Å². The highest BCUT2D eigenvalue weighted by atomic mass is 32.2. The van der Waals surface area contributed by atoms with E-state index >= 15 is 0 Å². The number of anilines is 1. The molecule has 3 aromatic carbocycles. The van der Waals surface area contributed by atoms with Gasteiger partial charge in [0.1, 0.15) is 11.3 Å². The number of hydrogen-bond acceptors (Lipinski definition) is 5. The molecule has 1 atom stereocenters. The minimum absolute atomic E-state index is 0.0743. The van der Waals surface area contributed by atoms with Crippen LogP contribution in [0.15, 0.2) is 70.0 Å². The molecular formula is C27H21NO5S. The molecule has 0 saturated heterocycles. The van der Waals surface area contributed by atoms with Gasteiger partial charge >= 0.3 is 0 Å². The van der Waals surface area contributed by atoms with Gasteiger partial charge in [0.25, 0.3) is 10.0 Å². The zero-order valence-electron chi connectivity index (χ0n) is 18.4. The number of benzene rings is 3. The fraction of sp³-hybridized carbons (Fsp3) is 0.185. The third kappa shape index (κ3) is 3.19. The van der Waals surface area contributed by atoms with Crippen LogP contribution in [0.3, 0.4) is 0 Å². The maximum absolute atomic E-state index is 13.2. The Bertz CT molecular complexity index is 1630. The van der Waals surface area contributed by atoms with Crippen molar-refractivity contribution in [1.29, 1.82) is 0 Å². The smallest absolute Gasteiger partial charge is 0.261 e. The maximum atomic E-state index is 13.2. The maximum Gasteiger partial charge on any atom is 0.261 e. The van der Waals surface area contributed by atoms with Crippen LogP contribution in [-0.2, 0) is 22.9 Å². The van der Waals surface area contributed by atoms with Crippen LogP contribution >= 0.6 is 0 Å². The molecule has 0 unspecified atom stereocenters. The van der Waals surface area contributed by atoms with Crippen molar-refractivity contribution in [3.63, 3.8) is 0 Å². The highest BCUT2D eigenvalue weighted by molar-refractivity contribution is 7.92. The second-order valence-electron chi connectivity index (χ2n) is 9.08. The lowest BCUT2D eigenvalue weighted by Gasteiger charge is -2.18. The average molecular weight is 472 g/mol. The normalized spacial score (nSPS) is 17.3. The molecule has 0 bridgehead atoms. The van der Waals surface area contributed by atoms with Crippen LogP contribution in [0.1, 0.15) is 56.5 Å². The fourth-order valence-electron chi connectivity index (χ4n) is 4.98. The van der Waals surface area contributed by atoms with Gasteiger partial charge in [-0.15, -0.1) is 0 Å². The lowest BCUT2D eigenvalue weighted by molar-refractivity contribution is 0.0979. The van der Waals surface area contributed by atoms with Crippen molar-refractivity contribution in [3.8, 4) is 0 Å². The fourth-order valence-corrected chi connectivity index (χ4v) is 6.05. The molecule has 0 amide bonds. The molecule has 0 spiro atoms. The van der Waals surface area contributed by atoms with Gasteiger partial charge in [-0.3, -0.25) is 14.3 Å². The summed E-state index contributed by atoms with van der Waals surface area (Å²) in [4.78, 5) is 25.7. The highest BCUT2D eigenvalue weighted by Gasteiger charge is 2.31. The number of carbonyl (C=O) groups excluding carboxylic acids is 2. The number of carbonyl (C=O) groups is 2. The largest absolute Gasteiger partial charge is 0.461 e. The minimum Gasteiger partial charge on any atom is -0.461 e. The van der Waals surface area contributed by atoms with E-state index in [-0.39, 0.29) is 33.2 Å². The van der Waals surface area contributed by atoms with Crippen LogP contribution in [-0.4, -0.2) is 20.0 Å². The Morgan fingerprint density at radius 2 is 1.59 bits per heavy atom. The number of ketones is 2. The summed E-state index contributed by atoms with van der Waals surface area (Å²) in [6.45, 7) is 2.20. The van der Waals surface area contributed by atoms with Crippen molar-refractivity contribution in [2.24, 2.45) is 5.92 Å². The third-order valence-corrected chi connectivity index (χ3v) is 8.13. The Hall–Kier alpha value is -3.71. The predicted octanol–water partition coefficient (Wildman–Crippen LogP) is 5.13. The summed E-state index contributed by atoms with van der Waals surface area (Å²) in [6, 6.07) is 15.9. The van der Waals surface area contributed by atoms with E-state index in [4.69, 9.17) is 4.42 Å². The summed E-state index contributed by atoms with van der Waals surface area (Å²) in [5, 5.41) is 0.921. The van der Waals surface area contributed by atoms with Gasteiger partial charge in [-0.05, 0) is 55.2 Å². The summed E-state index contributed by atoms with van der Waals surface area (Å²) < 4.78 is 35.0. The molecule has 2 aliphatic carbocycles. The van der Waals surface area contributed by atoms with Gasteiger partial charge in [-0.1, -0.05) is 31.2 Å². The molecule has 6 rings (SSSR count). The highest BCUT2D eigenvalue weighted by Crippen LogP contribution is 2.36. The van der Waals surface area contributed by atoms with E-state index in [0.29, 0.717) is 17.2 Å². The van der Waals surface area contributed by atoms with Crippen molar-refractivity contribution in [2.75, 3.05) is 4.72 Å². The van der Waals surface area contributed by atoms with E-state index in [1.165, 1.54) is 18.2 Å². The predicted molar refractivity (Wildman–Crippen MR) is 128 cm³/mol. The summed E-state index contributed by atoms with van der Waals surface area (Å²) >= 11 is 0. The third-order valence-electron chi connectivity index (χ3n) is 6.75. The molecule has 0 fully saturated rings. The quantitative estimate of drug-likeness (QED) is 0.394. The summed E-state index contributed by atoms with van der Waals surface area (Å²) in [7, 11) is -3.99. The molecule has 4 aromatic rings. The first kappa shape index (κ1) is 20.9. The topological polar surface area (TPSA) is 93.4 Å². The zero-order chi connectivity index (χ0) is 23.6. The van der Waals surface area contributed by atoms with Crippen molar-refractivity contribution < 1.29 is 22.4 Å². The van der Waals surface area contributed by atoms with Gasteiger partial charge in [0, 0.05) is 45.3 Å². The molecule has 1 N–H and O–H groups in total. The monoisotopic (exact) mass is 471 g/mol. The van der Waals surface area contributed by atoms with Crippen molar-refractivity contribution in [3.05, 3.63) is 94.2 Å². The number of aryl methyl sites for hydroxylation is 1. The molecule has 2 aliphatic rings. The van der Waals surface area contributed by atoms with Crippen LogP contribution in [0.5, 0.6) is 0 Å². The van der Waals surface area contributed by atoms with Crippen LogP contribution in [0.4, 0.5) is 5.69 Å². The molecule has 170 valence electrons. The molecule has 0 aliphatic heterocycles. The standard InChI is InChI=1S/C27H21NO5S/c1-15-6-10-24-21(12-15)22-13-16(7-11-25(22)33-24)28-34(31,32)17-8-9-20-23(14-17)27(30)19-5-3-2-4-18(19)26(20)29/h2-5,7-9,11,13-15,28H,6,10,12H2,1H3/t15-/m0/s1. The first-order valence-electron chi connectivity index (χ1n) is 11.2. The van der Waals surface area contributed by atoms with Gasteiger partial charge in [-0.25, -0.2) is 8.42 Å². The second-order valence-corrected chi connectivity index (χ2v) is 10.8. The van der Waals surface area contributed by atoms with Gasteiger partial charge in [0.2, 0.25) is 0 Å². The summed E-state index contributed by atoms with van der Waals surface area (Å²) in [6.07, 6.45) is 2.87. The van der Waals surface area contributed by atoms with Crippen molar-refractivity contribution in [2.45, 2.75) is 31.1 Å². The Kier molecular flexibility index (Phi) is 4.54. The van der Waals surface area contributed by atoms with Crippen molar-refractivity contribution >= 4 is 38.2 Å². The summed E-state index contributed by atoms with van der Waals surface area (Å²) in [5.74, 6) is 0.884. The van der Waals surface area contributed by atoms with E-state index < -0.39 is 10.0 Å². The average Bonchev–Trinajstić information content (AvgIpc) is 3.19. The van der Waals surface area contributed by atoms with E-state index in [1.54, 1.807) is 42.5 Å². The molecule has 1 aromatic heterocycles. The summed E-state index contributed by atoms with van der Waals surface area (Å²) in [5.41, 5.74) is 3.24. The molecule has 0 radical (unpaired) electrons. The first-order valence-corrected chi connectivity index (χ1v) is 12.7. The van der Waals surface area contributed by atoms with Crippen LogP contribution in [0.2, 0.25) is 0 Å². The molecule has 0 saturated carbocycles. The molecule has 7 heteroatoms. The van der Waals surface area contributed by atoms with E-state index in [9.17, 15) is 18.0 Å². The van der Waals surface area contributed by atoms with Gasteiger partial charge in [0.15, 0.2) is 11.6 Å². The van der Waals surface area contributed by atoms with Gasteiger partial charge < -0.3 is 4.42 Å². The lowest BCUT2D eigenvalue weighted by atomic mass is 9.84. The Morgan fingerprint density at radius 1 is 0.882 bits per heavy atom. The van der Waals surface area contributed by atoms with Crippen LogP contribution in [0, 0.1) is 5.92 Å². The number of sulfonamides is 1. The Balaban J connectivity index is 1.36. The minimum atomic E-state index is -3.99. The van der Waals surface area contributed by atoms with Gasteiger partial charge in [0.05, 0.1) is 4.90 Å².